The summed E-state index contributed by atoms with van der Waals surface area (Å²) >= 11 is 5.71. The molecular formula is C20H27N5OS. The monoisotopic (exact) mass is 385 g/mol. The minimum absolute atomic E-state index is 0.0557. The Morgan fingerprint density at radius 1 is 1.19 bits per heavy atom. The Labute approximate surface area is 165 Å². The van der Waals surface area contributed by atoms with Crippen molar-refractivity contribution >= 4 is 17.3 Å². The number of hydrogen-bond acceptors (Lipinski definition) is 4. The molecule has 0 amide bonds. The number of morpholine rings is 1. The quantitative estimate of drug-likeness (QED) is 0.745. The largest absolute Gasteiger partial charge is 0.379 e. The summed E-state index contributed by atoms with van der Waals surface area (Å²) in [5, 5.41) is 4.32. The van der Waals surface area contributed by atoms with E-state index in [2.05, 4.69) is 50.2 Å². The second kappa shape index (κ2) is 8.37. The maximum atomic E-state index is 5.71. The molecule has 0 bridgehead atoms. The molecule has 2 N–H and O–H groups in total. The first kappa shape index (κ1) is 18.4. The van der Waals surface area contributed by atoms with Gasteiger partial charge in [0.2, 0.25) is 0 Å². The van der Waals surface area contributed by atoms with Crippen molar-refractivity contribution in [3.63, 3.8) is 0 Å². The van der Waals surface area contributed by atoms with E-state index in [1.54, 1.807) is 0 Å². The van der Waals surface area contributed by atoms with E-state index in [9.17, 15) is 0 Å². The number of aromatic amines is 1. The summed E-state index contributed by atoms with van der Waals surface area (Å²) in [7, 11) is 0. The molecule has 2 fully saturated rings. The van der Waals surface area contributed by atoms with Crippen LogP contribution in [0.15, 0.2) is 36.5 Å². The zero-order valence-electron chi connectivity index (χ0n) is 15.7. The fourth-order valence-electron chi connectivity index (χ4n) is 3.97. The molecule has 0 radical (unpaired) electrons. The predicted molar refractivity (Wildman–Crippen MR) is 110 cm³/mol. The molecule has 2 atom stereocenters. The number of ether oxygens (including phenoxy) is 1. The van der Waals surface area contributed by atoms with Gasteiger partial charge in [-0.1, -0.05) is 6.07 Å². The van der Waals surface area contributed by atoms with Gasteiger partial charge in [-0.15, -0.1) is 0 Å². The van der Waals surface area contributed by atoms with Crippen LogP contribution < -0.4 is 5.32 Å². The van der Waals surface area contributed by atoms with E-state index in [4.69, 9.17) is 17.0 Å². The van der Waals surface area contributed by atoms with Crippen LogP contribution in [0.2, 0.25) is 0 Å². The highest BCUT2D eigenvalue weighted by atomic mass is 32.1. The van der Waals surface area contributed by atoms with Crippen LogP contribution >= 0.6 is 12.2 Å². The molecule has 2 aliphatic rings. The second-order valence-corrected chi connectivity index (χ2v) is 7.61. The average molecular weight is 386 g/mol. The van der Waals surface area contributed by atoms with Gasteiger partial charge in [0, 0.05) is 43.8 Å². The third kappa shape index (κ3) is 4.15. The molecule has 7 heteroatoms. The summed E-state index contributed by atoms with van der Waals surface area (Å²) in [6.45, 7) is 7.83. The summed E-state index contributed by atoms with van der Waals surface area (Å²) in [4.78, 5) is 12.9. The van der Waals surface area contributed by atoms with Crippen molar-refractivity contribution in [2.45, 2.75) is 25.4 Å². The van der Waals surface area contributed by atoms with E-state index in [1.807, 2.05) is 18.3 Å². The number of nitrogens with zero attached hydrogens (tertiary/aromatic N) is 3. The molecule has 0 aliphatic carbocycles. The van der Waals surface area contributed by atoms with E-state index >= 15 is 0 Å². The molecule has 0 aromatic carbocycles. The van der Waals surface area contributed by atoms with Crippen molar-refractivity contribution in [1.29, 1.82) is 0 Å². The minimum atomic E-state index is 0.0557. The van der Waals surface area contributed by atoms with Crippen LogP contribution in [0.3, 0.4) is 0 Å². The SMILES string of the molecule is Cc1ccc([C@H]2[C@H](c3ccccn3)NC(=S)N2CCCN2CCOCC2)[nH]1. The third-order valence-corrected chi connectivity index (χ3v) is 5.70. The summed E-state index contributed by atoms with van der Waals surface area (Å²) < 4.78 is 5.44. The van der Waals surface area contributed by atoms with E-state index in [-0.39, 0.29) is 12.1 Å². The van der Waals surface area contributed by atoms with Crippen LogP contribution in [0.4, 0.5) is 0 Å². The lowest BCUT2D eigenvalue weighted by molar-refractivity contribution is 0.0365. The topological polar surface area (TPSA) is 56.4 Å². The number of rotatable bonds is 6. The zero-order chi connectivity index (χ0) is 18.6. The van der Waals surface area contributed by atoms with Gasteiger partial charge in [-0.3, -0.25) is 9.88 Å². The highest BCUT2D eigenvalue weighted by Gasteiger charge is 2.40. The molecule has 2 aromatic heterocycles. The fraction of sp³-hybridized carbons (Fsp3) is 0.500. The van der Waals surface area contributed by atoms with E-state index in [0.29, 0.717) is 0 Å². The number of pyridine rings is 1. The standard InChI is InChI=1S/C20H27N5OS/c1-15-6-7-17(22-15)19-18(16-5-2-3-8-21-16)23-20(27)25(19)10-4-9-24-11-13-26-14-12-24/h2-3,5-8,18-19,22H,4,9-14H2,1H3,(H,23,27)/t18-,19-/m0/s1. The fourth-order valence-corrected chi connectivity index (χ4v) is 4.30. The molecule has 6 nitrogen and oxygen atoms in total. The molecule has 27 heavy (non-hydrogen) atoms. The highest BCUT2D eigenvalue weighted by Crippen LogP contribution is 2.38. The van der Waals surface area contributed by atoms with Crippen molar-refractivity contribution in [2.24, 2.45) is 0 Å². The van der Waals surface area contributed by atoms with Gasteiger partial charge in [0.25, 0.3) is 0 Å². The number of H-pyrrole nitrogens is 1. The maximum Gasteiger partial charge on any atom is 0.170 e. The van der Waals surface area contributed by atoms with E-state index in [0.717, 1.165) is 62.3 Å². The molecule has 4 heterocycles. The Morgan fingerprint density at radius 3 is 2.74 bits per heavy atom. The highest BCUT2D eigenvalue weighted by molar-refractivity contribution is 7.80. The van der Waals surface area contributed by atoms with Gasteiger partial charge in [0.05, 0.1) is 31.0 Å². The normalized spacial score (nSPS) is 23.6. The molecule has 0 spiro atoms. The van der Waals surface area contributed by atoms with Crippen molar-refractivity contribution in [3.05, 3.63) is 53.6 Å². The number of aromatic nitrogens is 2. The van der Waals surface area contributed by atoms with Crippen LogP contribution in [0.1, 0.15) is 35.6 Å². The van der Waals surface area contributed by atoms with Crippen LogP contribution in [-0.2, 0) is 4.74 Å². The lowest BCUT2D eigenvalue weighted by atomic mass is 10.0. The van der Waals surface area contributed by atoms with Gasteiger partial charge in [0.15, 0.2) is 5.11 Å². The first-order valence-electron chi connectivity index (χ1n) is 9.66. The first-order valence-corrected chi connectivity index (χ1v) is 10.1. The molecule has 0 unspecified atom stereocenters. The Morgan fingerprint density at radius 2 is 2.04 bits per heavy atom. The number of thiocarbonyl (C=S) groups is 1. The Kier molecular flexibility index (Phi) is 5.71. The van der Waals surface area contributed by atoms with Gasteiger partial charge in [-0.2, -0.15) is 0 Å². The molecule has 2 aromatic rings. The van der Waals surface area contributed by atoms with Gasteiger partial charge < -0.3 is 19.9 Å². The van der Waals surface area contributed by atoms with E-state index in [1.165, 1.54) is 5.69 Å². The lowest BCUT2D eigenvalue weighted by Crippen LogP contribution is -2.39. The summed E-state index contributed by atoms with van der Waals surface area (Å²) in [6, 6.07) is 10.5. The minimum Gasteiger partial charge on any atom is -0.379 e. The van der Waals surface area contributed by atoms with Gasteiger partial charge >= 0.3 is 0 Å². The van der Waals surface area contributed by atoms with Gasteiger partial charge in [0.1, 0.15) is 0 Å². The molecule has 0 saturated carbocycles. The van der Waals surface area contributed by atoms with Crippen molar-refractivity contribution in [1.82, 2.24) is 25.1 Å². The van der Waals surface area contributed by atoms with Crippen LogP contribution in [0, 0.1) is 6.92 Å². The number of nitrogens with one attached hydrogen (secondary N) is 2. The van der Waals surface area contributed by atoms with Crippen LogP contribution in [-0.4, -0.2) is 64.3 Å². The summed E-state index contributed by atoms with van der Waals surface area (Å²) in [5.74, 6) is 0. The van der Waals surface area contributed by atoms with Crippen LogP contribution in [0.5, 0.6) is 0 Å². The van der Waals surface area contributed by atoms with E-state index < -0.39 is 0 Å². The number of aryl methyl sites for hydroxylation is 1. The Balaban J connectivity index is 1.50. The molecule has 4 rings (SSSR count). The number of hydrogen-bond donors (Lipinski definition) is 2. The van der Waals surface area contributed by atoms with Crippen molar-refractivity contribution in [3.8, 4) is 0 Å². The third-order valence-electron chi connectivity index (χ3n) is 5.35. The lowest BCUT2D eigenvalue weighted by Gasteiger charge is -2.30. The van der Waals surface area contributed by atoms with Gasteiger partial charge in [-0.25, -0.2) is 0 Å². The molecule has 2 aliphatic heterocycles. The molecular weight excluding hydrogens is 358 g/mol. The average Bonchev–Trinajstić information content (AvgIpc) is 3.27. The molecule has 2 saturated heterocycles. The Bertz CT molecular complexity index is 759. The predicted octanol–water partition coefficient (Wildman–Crippen LogP) is 2.41. The first-order chi connectivity index (χ1) is 13.2. The Hall–Kier alpha value is -1.96. The smallest absolute Gasteiger partial charge is 0.170 e. The summed E-state index contributed by atoms with van der Waals surface area (Å²) in [5.41, 5.74) is 3.37. The maximum absolute atomic E-state index is 5.71. The summed E-state index contributed by atoms with van der Waals surface area (Å²) in [6.07, 6.45) is 2.92. The van der Waals surface area contributed by atoms with Crippen molar-refractivity contribution in [2.75, 3.05) is 39.4 Å². The van der Waals surface area contributed by atoms with Crippen LogP contribution in [0.25, 0.3) is 0 Å². The van der Waals surface area contributed by atoms with Gasteiger partial charge in [-0.05, 0) is 49.8 Å². The van der Waals surface area contributed by atoms with Crippen molar-refractivity contribution < 1.29 is 4.74 Å². The zero-order valence-corrected chi connectivity index (χ0v) is 16.5. The second-order valence-electron chi connectivity index (χ2n) is 7.22. The molecule has 144 valence electrons.